The second-order valence-electron chi connectivity index (χ2n) is 4.50. The van der Waals surface area contributed by atoms with Crippen molar-refractivity contribution in [2.45, 2.75) is 12.0 Å². The molecule has 0 saturated heterocycles. The van der Waals surface area contributed by atoms with Crippen molar-refractivity contribution in [1.29, 1.82) is 0 Å². The van der Waals surface area contributed by atoms with Crippen LogP contribution in [-0.4, -0.2) is 27.0 Å². The first kappa shape index (κ1) is 14.7. The Balaban J connectivity index is 2.36. The van der Waals surface area contributed by atoms with Crippen LogP contribution < -0.4 is 0 Å². The molecule has 0 bridgehead atoms. The van der Waals surface area contributed by atoms with E-state index in [1.807, 2.05) is 0 Å². The van der Waals surface area contributed by atoms with Crippen LogP contribution in [0.15, 0.2) is 42.5 Å². The lowest BCUT2D eigenvalue weighted by molar-refractivity contribution is 0.107. The van der Waals surface area contributed by atoms with E-state index in [4.69, 9.17) is 11.6 Å². The Bertz CT molecular complexity index is 600. The Morgan fingerprint density at radius 2 is 1.70 bits per heavy atom. The lowest BCUT2D eigenvalue weighted by Crippen LogP contribution is -2.15. The number of phenols is 2. The molecule has 2 unspecified atom stereocenters. The highest BCUT2D eigenvalue weighted by atomic mass is 35.5. The van der Waals surface area contributed by atoms with Crippen LogP contribution >= 0.6 is 11.6 Å². The highest BCUT2D eigenvalue weighted by Gasteiger charge is 2.24. The van der Waals surface area contributed by atoms with E-state index in [1.54, 1.807) is 24.3 Å². The molecule has 0 amide bonds. The molecule has 0 saturated carbocycles. The predicted octanol–water partition coefficient (Wildman–Crippen LogP) is 2.56. The molecular weight excluding hydrogens is 280 g/mol. The van der Waals surface area contributed by atoms with Crippen molar-refractivity contribution < 1.29 is 20.4 Å². The minimum atomic E-state index is -1.05. The summed E-state index contributed by atoms with van der Waals surface area (Å²) in [5.41, 5.74) is 1.01. The molecule has 5 heteroatoms. The summed E-state index contributed by atoms with van der Waals surface area (Å²) in [6.07, 6.45) is -1.05. The van der Waals surface area contributed by atoms with E-state index in [0.29, 0.717) is 16.1 Å². The van der Waals surface area contributed by atoms with Crippen LogP contribution in [0.1, 0.15) is 23.1 Å². The molecule has 0 spiro atoms. The molecule has 106 valence electrons. The largest absolute Gasteiger partial charge is 0.504 e. The van der Waals surface area contributed by atoms with E-state index in [2.05, 4.69) is 0 Å². The lowest BCUT2D eigenvalue weighted by Gasteiger charge is -2.23. The molecular formula is C15H15ClO4. The average molecular weight is 295 g/mol. The molecule has 4 N–H and O–H groups in total. The Hall–Kier alpha value is -1.75. The van der Waals surface area contributed by atoms with Gasteiger partial charge in [0.15, 0.2) is 11.5 Å². The summed E-state index contributed by atoms with van der Waals surface area (Å²) in [6, 6.07) is 11.0. The van der Waals surface area contributed by atoms with Gasteiger partial charge in [0.1, 0.15) is 0 Å². The summed E-state index contributed by atoms with van der Waals surface area (Å²) in [4.78, 5) is 0. The van der Waals surface area contributed by atoms with Crippen molar-refractivity contribution in [3.05, 3.63) is 58.6 Å². The fourth-order valence-corrected chi connectivity index (χ4v) is 2.38. The summed E-state index contributed by atoms with van der Waals surface area (Å²) in [5.74, 6) is -1.20. The first-order valence-corrected chi connectivity index (χ1v) is 6.47. The Morgan fingerprint density at radius 1 is 1.00 bits per heavy atom. The molecule has 2 atom stereocenters. The quantitative estimate of drug-likeness (QED) is 0.653. The molecule has 0 aromatic heterocycles. The van der Waals surface area contributed by atoms with Gasteiger partial charge >= 0.3 is 0 Å². The third kappa shape index (κ3) is 2.88. The number of hydrogen-bond donors (Lipinski definition) is 4. The van der Waals surface area contributed by atoms with Gasteiger partial charge in [-0.25, -0.2) is 0 Å². The van der Waals surface area contributed by atoms with Crippen LogP contribution in [0.25, 0.3) is 0 Å². The topological polar surface area (TPSA) is 80.9 Å². The number of rotatable bonds is 4. The van der Waals surface area contributed by atoms with Crippen molar-refractivity contribution in [3.8, 4) is 11.5 Å². The van der Waals surface area contributed by atoms with Crippen LogP contribution in [-0.2, 0) is 0 Å². The maximum atomic E-state index is 10.4. The number of hydrogen-bond acceptors (Lipinski definition) is 4. The first-order valence-electron chi connectivity index (χ1n) is 6.09. The number of phenolic OH excluding ortho intramolecular Hbond substituents is 2. The summed E-state index contributed by atoms with van der Waals surface area (Å²) in [6.45, 7) is -0.299. The Labute approximate surface area is 121 Å². The van der Waals surface area contributed by atoms with Crippen molar-refractivity contribution in [3.63, 3.8) is 0 Å². The van der Waals surface area contributed by atoms with Gasteiger partial charge < -0.3 is 20.4 Å². The van der Waals surface area contributed by atoms with Gasteiger partial charge in [-0.05, 0) is 29.3 Å². The summed E-state index contributed by atoms with van der Waals surface area (Å²) in [7, 11) is 0. The number of benzene rings is 2. The minimum absolute atomic E-state index is 0.265. The third-order valence-electron chi connectivity index (χ3n) is 3.22. The van der Waals surface area contributed by atoms with E-state index < -0.39 is 12.0 Å². The van der Waals surface area contributed by atoms with Gasteiger partial charge in [-0.2, -0.15) is 0 Å². The first-order chi connectivity index (χ1) is 9.54. The van der Waals surface area contributed by atoms with E-state index in [9.17, 15) is 20.4 Å². The van der Waals surface area contributed by atoms with E-state index >= 15 is 0 Å². The highest BCUT2D eigenvalue weighted by Crippen LogP contribution is 2.37. The SMILES string of the molecule is OCC(c1ccccc1Cl)C(O)c1ccc(O)c(O)c1. The monoisotopic (exact) mass is 294 g/mol. The number of aliphatic hydroxyl groups excluding tert-OH is 2. The van der Waals surface area contributed by atoms with Crippen LogP contribution in [0, 0.1) is 0 Å². The maximum absolute atomic E-state index is 10.4. The molecule has 0 aliphatic carbocycles. The molecule has 2 aromatic carbocycles. The van der Waals surface area contributed by atoms with Gasteiger partial charge in [-0.15, -0.1) is 0 Å². The smallest absolute Gasteiger partial charge is 0.157 e. The molecule has 2 rings (SSSR count). The third-order valence-corrected chi connectivity index (χ3v) is 3.57. The molecule has 2 aromatic rings. The van der Waals surface area contributed by atoms with Crippen LogP contribution in [0.4, 0.5) is 0 Å². The van der Waals surface area contributed by atoms with E-state index in [-0.39, 0.29) is 18.1 Å². The van der Waals surface area contributed by atoms with Crippen molar-refractivity contribution >= 4 is 11.6 Å². The predicted molar refractivity (Wildman–Crippen MR) is 76.0 cm³/mol. The number of halogens is 1. The molecule has 0 fully saturated rings. The average Bonchev–Trinajstić information content (AvgIpc) is 2.44. The molecule has 20 heavy (non-hydrogen) atoms. The van der Waals surface area contributed by atoms with Crippen LogP contribution in [0.2, 0.25) is 5.02 Å². The fourth-order valence-electron chi connectivity index (χ4n) is 2.10. The molecule has 0 aliphatic heterocycles. The van der Waals surface area contributed by atoms with Gasteiger partial charge in [-0.1, -0.05) is 35.9 Å². The van der Waals surface area contributed by atoms with E-state index in [1.165, 1.54) is 18.2 Å². The van der Waals surface area contributed by atoms with Crippen molar-refractivity contribution in [2.24, 2.45) is 0 Å². The number of aliphatic hydroxyl groups is 2. The fraction of sp³-hybridized carbons (Fsp3) is 0.200. The van der Waals surface area contributed by atoms with Crippen molar-refractivity contribution in [1.82, 2.24) is 0 Å². The standard InChI is InChI=1S/C15H15ClO4/c16-12-4-2-1-3-10(12)11(8-17)15(20)9-5-6-13(18)14(19)7-9/h1-7,11,15,17-20H,8H2. The second-order valence-corrected chi connectivity index (χ2v) is 4.91. The zero-order chi connectivity index (χ0) is 14.7. The summed E-state index contributed by atoms with van der Waals surface area (Å²) in [5, 5.41) is 39.1. The van der Waals surface area contributed by atoms with Crippen LogP contribution in [0.3, 0.4) is 0 Å². The van der Waals surface area contributed by atoms with Gasteiger partial charge in [0.05, 0.1) is 12.7 Å². The minimum Gasteiger partial charge on any atom is -0.504 e. The zero-order valence-electron chi connectivity index (χ0n) is 10.6. The van der Waals surface area contributed by atoms with Gasteiger partial charge in [-0.3, -0.25) is 0 Å². The lowest BCUT2D eigenvalue weighted by atomic mass is 9.89. The molecule has 0 aliphatic rings. The summed E-state index contributed by atoms with van der Waals surface area (Å²) >= 11 is 6.07. The number of aromatic hydroxyl groups is 2. The van der Waals surface area contributed by atoms with Crippen molar-refractivity contribution in [2.75, 3.05) is 6.61 Å². The Kier molecular flexibility index (Phi) is 4.49. The highest BCUT2D eigenvalue weighted by molar-refractivity contribution is 6.31. The zero-order valence-corrected chi connectivity index (χ0v) is 11.3. The maximum Gasteiger partial charge on any atom is 0.157 e. The second kappa shape index (κ2) is 6.13. The van der Waals surface area contributed by atoms with Crippen LogP contribution in [0.5, 0.6) is 11.5 Å². The molecule has 0 radical (unpaired) electrons. The summed E-state index contributed by atoms with van der Waals surface area (Å²) < 4.78 is 0. The van der Waals surface area contributed by atoms with Gasteiger partial charge in [0.2, 0.25) is 0 Å². The molecule has 4 nitrogen and oxygen atoms in total. The normalized spacial score (nSPS) is 13.9. The van der Waals surface area contributed by atoms with E-state index in [0.717, 1.165) is 0 Å². The van der Waals surface area contributed by atoms with Gasteiger partial charge in [0.25, 0.3) is 0 Å². The molecule has 0 heterocycles. The Morgan fingerprint density at radius 3 is 2.30 bits per heavy atom. The van der Waals surface area contributed by atoms with Gasteiger partial charge in [0, 0.05) is 10.9 Å².